The van der Waals surface area contributed by atoms with E-state index in [1.807, 2.05) is 47.7 Å². The predicted molar refractivity (Wildman–Crippen MR) is 119 cm³/mol. The monoisotopic (exact) mass is 440 g/mol. The number of fused-ring (bicyclic) bond motifs is 2. The zero-order chi connectivity index (χ0) is 20.8. The standard InChI is InChI=1S/C20H20N6O2S2/c1-25-15-9-10-29-17(15)19(27)26(2)16-11-21-20(23-18(16)25)22-12-5-7-14(8-6-12)30(28)24-13-3-4-13/h5-11,13,24H,3-4H2,1-2H3,(H,21,22,23). The second-order valence-electron chi connectivity index (χ2n) is 7.27. The van der Waals surface area contributed by atoms with Crippen molar-refractivity contribution in [3.63, 3.8) is 0 Å². The molecule has 2 N–H and O–H groups in total. The molecule has 1 aliphatic heterocycles. The molecular weight excluding hydrogens is 420 g/mol. The minimum atomic E-state index is -1.19. The van der Waals surface area contributed by atoms with Crippen LogP contribution in [0.1, 0.15) is 22.5 Å². The van der Waals surface area contributed by atoms with E-state index in [9.17, 15) is 9.35 Å². The lowest BCUT2D eigenvalue weighted by atomic mass is 10.3. The number of nitrogens with one attached hydrogen (secondary N) is 2. The van der Waals surface area contributed by atoms with Gasteiger partial charge < -0.3 is 19.7 Å². The van der Waals surface area contributed by atoms with Crippen LogP contribution in [0.2, 0.25) is 0 Å². The lowest BCUT2D eigenvalue weighted by molar-refractivity contribution is 0.0998. The summed E-state index contributed by atoms with van der Waals surface area (Å²) in [5, 5.41) is 5.09. The SMILES string of the molecule is CN1C(=O)c2sccc2N(C)c2nc(Nc3ccc([S+]([O-])NC4CC4)cc3)ncc21. The van der Waals surface area contributed by atoms with Gasteiger partial charge in [-0.2, -0.15) is 4.98 Å². The first-order chi connectivity index (χ1) is 14.5. The number of amides is 1. The lowest BCUT2D eigenvalue weighted by Crippen LogP contribution is -2.25. The van der Waals surface area contributed by atoms with Crippen molar-refractivity contribution >= 4 is 57.4 Å². The summed E-state index contributed by atoms with van der Waals surface area (Å²) in [6.45, 7) is 0. The molecule has 1 amide bonds. The number of benzene rings is 1. The molecular formula is C20H20N6O2S2. The Morgan fingerprint density at radius 2 is 1.90 bits per heavy atom. The third kappa shape index (κ3) is 3.52. The van der Waals surface area contributed by atoms with Crippen LogP contribution in [0, 0.1) is 0 Å². The number of hydrogen-bond acceptors (Lipinski definition) is 8. The highest BCUT2D eigenvalue weighted by Gasteiger charge is 2.30. The molecule has 0 spiro atoms. The highest BCUT2D eigenvalue weighted by molar-refractivity contribution is 7.89. The van der Waals surface area contributed by atoms with Gasteiger partial charge in [-0.15, -0.1) is 16.1 Å². The van der Waals surface area contributed by atoms with Gasteiger partial charge in [-0.05, 0) is 48.6 Å². The van der Waals surface area contributed by atoms with Gasteiger partial charge in [0.1, 0.15) is 10.6 Å². The van der Waals surface area contributed by atoms with Gasteiger partial charge in [0, 0.05) is 19.8 Å². The summed E-state index contributed by atoms with van der Waals surface area (Å²) in [7, 11) is 3.62. The fraction of sp³-hybridized carbons (Fsp3) is 0.250. The summed E-state index contributed by atoms with van der Waals surface area (Å²) in [5.41, 5.74) is 2.27. The first-order valence-electron chi connectivity index (χ1n) is 9.52. The van der Waals surface area contributed by atoms with Crippen LogP contribution >= 0.6 is 11.3 Å². The Kier molecular flexibility index (Phi) is 4.86. The van der Waals surface area contributed by atoms with Crippen LogP contribution < -0.4 is 19.8 Å². The van der Waals surface area contributed by atoms with Crippen LogP contribution in [0.3, 0.4) is 0 Å². The molecule has 8 nitrogen and oxygen atoms in total. The third-order valence-electron chi connectivity index (χ3n) is 5.11. The molecule has 5 rings (SSSR count). The van der Waals surface area contributed by atoms with Crippen LogP contribution in [-0.4, -0.2) is 40.6 Å². The summed E-state index contributed by atoms with van der Waals surface area (Å²) in [5.74, 6) is 0.996. The van der Waals surface area contributed by atoms with Crippen LogP contribution in [0.15, 0.2) is 46.8 Å². The van der Waals surface area contributed by atoms with Crippen LogP contribution in [0.4, 0.5) is 28.8 Å². The van der Waals surface area contributed by atoms with E-state index in [2.05, 4.69) is 20.0 Å². The fourth-order valence-electron chi connectivity index (χ4n) is 3.22. The molecule has 0 saturated heterocycles. The summed E-state index contributed by atoms with van der Waals surface area (Å²) < 4.78 is 15.3. The molecule has 10 heteroatoms. The van der Waals surface area contributed by atoms with E-state index >= 15 is 0 Å². The van der Waals surface area contributed by atoms with Crippen molar-refractivity contribution in [1.82, 2.24) is 14.7 Å². The molecule has 3 heterocycles. The number of aromatic nitrogens is 2. The second kappa shape index (κ2) is 7.55. The van der Waals surface area contributed by atoms with Crippen LogP contribution in [0.25, 0.3) is 0 Å². The highest BCUT2D eigenvalue weighted by atomic mass is 32.2. The maximum Gasteiger partial charge on any atom is 0.270 e. The minimum absolute atomic E-state index is 0.0710. The molecule has 0 radical (unpaired) electrons. The number of nitrogens with zero attached hydrogens (tertiary/aromatic N) is 4. The second-order valence-corrected chi connectivity index (χ2v) is 9.43. The number of anilines is 5. The smallest absolute Gasteiger partial charge is 0.270 e. The average Bonchev–Trinajstić information content (AvgIpc) is 3.44. The molecule has 1 atom stereocenters. The number of carbonyl (C=O) groups excluding carboxylic acids is 1. The molecule has 1 saturated carbocycles. The number of hydrogen-bond donors (Lipinski definition) is 2. The first kappa shape index (κ1) is 19.3. The Morgan fingerprint density at radius 3 is 2.63 bits per heavy atom. The quantitative estimate of drug-likeness (QED) is 0.587. The Morgan fingerprint density at radius 1 is 1.13 bits per heavy atom. The third-order valence-corrected chi connectivity index (χ3v) is 7.25. The van der Waals surface area contributed by atoms with E-state index in [0.717, 1.165) is 29.1 Å². The largest absolute Gasteiger partial charge is 0.593 e. The number of rotatable bonds is 5. The highest BCUT2D eigenvalue weighted by Crippen LogP contribution is 2.40. The maximum atomic E-state index is 12.7. The average molecular weight is 441 g/mol. The Balaban J connectivity index is 1.39. The van der Waals surface area contributed by atoms with Gasteiger partial charge >= 0.3 is 0 Å². The molecule has 1 aromatic carbocycles. The number of carbonyl (C=O) groups is 1. The van der Waals surface area contributed by atoms with Crippen molar-refractivity contribution in [2.75, 3.05) is 29.2 Å². The van der Waals surface area contributed by atoms with Crippen LogP contribution in [0.5, 0.6) is 0 Å². The molecule has 3 aromatic rings. The normalized spacial score (nSPS) is 16.7. The summed E-state index contributed by atoms with van der Waals surface area (Å²) >= 11 is 0.225. The van der Waals surface area contributed by atoms with E-state index in [1.54, 1.807) is 18.1 Å². The molecule has 2 aromatic heterocycles. The summed E-state index contributed by atoms with van der Waals surface area (Å²) in [6.07, 6.45) is 3.82. The van der Waals surface area contributed by atoms with Crippen molar-refractivity contribution in [3.05, 3.63) is 46.8 Å². The minimum Gasteiger partial charge on any atom is -0.593 e. The van der Waals surface area contributed by atoms with E-state index in [1.165, 1.54) is 11.3 Å². The van der Waals surface area contributed by atoms with Crippen molar-refractivity contribution in [2.24, 2.45) is 0 Å². The Labute approximate surface area is 181 Å². The van der Waals surface area contributed by atoms with Crippen molar-refractivity contribution < 1.29 is 9.35 Å². The van der Waals surface area contributed by atoms with E-state index in [0.29, 0.717) is 28.4 Å². The molecule has 1 fully saturated rings. The Hall–Kier alpha value is -2.66. The number of thiophene rings is 1. The van der Waals surface area contributed by atoms with E-state index in [-0.39, 0.29) is 5.91 Å². The Bertz CT molecular complexity index is 1100. The van der Waals surface area contributed by atoms with Gasteiger partial charge in [0.25, 0.3) is 5.91 Å². The molecule has 1 aliphatic carbocycles. The van der Waals surface area contributed by atoms with Gasteiger partial charge in [0.05, 0.1) is 29.3 Å². The van der Waals surface area contributed by atoms with Gasteiger partial charge in [-0.3, -0.25) is 4.79 Å². The van der Waals surface area contributed by atoms with Crippen LogP contribution in [-0.2, 0) is 11.4 Å². The maximum absolute atomic E-state index is 12.7. The van der Waals surface area contributed by atoms with Gasteiger partial charge in [-0.25, -0.2) is 4.98 Å². The zero-order valence-electron chi connectivity index (χ0n) is 16.5. The van der Waals surface area contributed by atoms with E-state index in [4.69, 9.17) is 0 Å². The molecule has 154 valence electrons. The fourth-order valence-corrected chi connectivity index (χ4v) is 5.18. The molecule has 0 bridgehead atoms. The summed E-state index contributed by atoms with van der Waals surface area (Å²) in [6, 6.07) is 9.66. The first-order valence-corrected chi connectivity index (χ1v) is 11.6. The molecule has 2 aliphatic rings. The van der Waals surface area contributed by atoms with Gasteiger partial charge in [0.15, 0.2) is 10.7 Å². The van der Waals surface area contributed by atoms with Gasteiger partial charge in [0.2, 0.25) is 5.95 Å². The zero-order valence-corrected chi connectivity index (χ0v) is 18.1. The van der Waals surface area contributed by atoms with E-state index < -0.39 is 11.4 Å². The molecule has 30 heavy (non-hydrogen) atoms. The molecule has 1 unspecified atom stereocenters. The van der Waals surface area contributed by atoms with Gasteiger partial charge in [-0.1, -0.05) is 0 Å². The summed E-state index contributed by atoms with van der Waals surface area (Å²) in [4.78, 5) is 26.7. The predicted octanol–water partition coefficient (Wildman–Crippen LogP) is 3.41. The lowest BCUT2D eigenvalue weighted by Gasteiger charge is -2.20. The van der Waals surface area contributed by atoms with Crippen molar-refractivity contribution in [2.45, 2.75) is 23.8 Å². The van der Waals surface area contributed by atoms with Crippen molar-refractivity contribution in [1.29, 1.82) is 0 Å². The van der Waals surface area contributed by atoms with Crippen molar-refractivity contribution in [3.8, 4) is 0 Å². The topological polar surface area (TPSA) is 96.5 Å².